The van der Waals surface area contributed by atoms with Crippen LogP contribution in [-0.2, 0) is 4.79 Å². The number of carbonyl (C=O) groups is 1. The van der Waals surface area contributed by atoms with Crippen LogP contribution in [0.3, 0.4) is 0 Å². The van der Waals surface area contributed by atoms with Crippen molar-refractivity contribution in [3.63, 3.8) is 0 Å². The molecule has 1 aromatic rings. The Kier molecular flexibility index (Phi) is 4.73. The Morgan fingerprint density at radius 2 is 1.81 bits per heavy atom. The summed E-state index contributed by atoms with van der Waals surface area (Å²) < 4.78 is 0. The molecule has 0 radical (unpaired) electrons. The van der Waals surface area contributed by atoms with Crippen molar-refractivity contribution in [3.8, 4) is 0 Å². The van der Waals surface area contributed by atoms with E-state index >= 15 is 0 Å². The number of nitrogens with zero attached hydrogens (tertiary/aromatic N) is 4. The second-order valence-corrected chi connectivity index (χ2v) is 5.39. The van der Waals surface area contributed by atoms with E-state index in [-0.39, 0.29) is 17.8 Å². The summed E-state index contributed by atoms with van der Waals surface area (Å²) in [6.45, 7) is 5.59. The second kappa shape index (κ2) is 6.53. The van der Waals surface area contributed by atoms with Gasteiger partial charge in [0.25, 0.3) is 0 Å². The Labute approximate surface area is 123 Å². The van der Waals surface area contributed by atoms with E-state index in [0.29, 0.717) is 5.95 Å². The number of nitrogens with two attached hydrogens (primary N) is 2. The van der Waals surface area contributed by atoms with E-state index in [4.69, 9.17) is 11.6 Å². The molecule has 1 saturated heterocycles. The third kappa shape index (κ3) is 3.69. The standard InChI is InChI=1S/C12H22N8O/c1-7(2)8(9(13)21)15-10-16-11(19-14)18-12(17-10)20-5-3-4-6-20/h7-8H,3-6,14H2,1-2H3,(H2,13,21)(H2,15,16,17,18,19). The maximum Gasteiger partial charge on any atom is 0.243 e. The summed E-state index contributed by atoms with van der Waals surface area (Å²) in [5, 5.41) is 2.96. The average molecular weight is 294 g/mol. The van der Waals surface area contributed by atoms with Gasteiger partial charge >= 0.3 is 0 Å². The predicted molar refractivity (Wildman–Crippen MR) is 80.5 cm³/mol. The van der Waals surface area contributed by atoms with Crippen molar-refractivity contribution in [2.75, 3.05) is 28.7 Å². The minimum Gasteiger partial charge on any atom is -0.368 e. The molecule has 2 rings (SSSR count). The minimum absolute atomic E-state index is 0.0174. The Morgan fingerprint density at radius 1 is 1.19 bits per heavy atom. The van der Waals surface area contributed by atoms with Gasteiger partial charge in [0.05, 0.1) is 0 Å². The van der Waals surface area contributed by atoms with E-state index < -0.39 is 11.9 Å². The predicted octanol–water partition coefficient (Wildman–Crippen LogP) is -0.321. The smallest absolute Gasteiger partial charge is 0.243 e. The molecule has 21 heavy (non-hydrogen) atoms. The van der Waals surface area contributed by atoms with Gasteiger partial charge in [-0.25, -0.2) is 5.84 Å². The van der Waals surface area contributed by atoms with Crippen LogP contribution in [-0.4, -0.2) is 40.0 Å². The van der Waals surface area contributed by atoms with Gasteiger partial charge < -0.3 is 16.0 Å². The van der Waals surface area contributed by atoms with Crippen molar-refractivity contribution in [1.29, 1.82) is 0 Å². The van der Waals surface area contributed by atoms with Crippen molar-refractivity contribution in [2.24, 2.45) is 17.5 Å². The van der Waals surface area contributed by atoms with Crippen molar-refractivity contribution < 1.29 is 4.79 Å². The maximum atomic E-state index is 11.5. The van der Waals surface area contributed by atoms with E-state index in [1.165, 1.54) is 0 Å². The Morgan fingerprint density at radius 3 is 2.33 bits per heavy atom. The molecule has 1 unspecified atom stereocenters. The number of carbonyl (C=O) groups excluding carboxylic acids is 1. The Bertz CT molecular complexity index is 500. The number of hydrogen-bond acceptors (Lipinski definition) is 8. The molecule has 0 bridgehead atoms. The zero-order valence-corrected chi connectivity index (χ0v) is 12.3. The van der Waals surface area contributed by atoms with Gasteiger partial charge in [0.15, 0.2) is 0 Å². The molecule has 2 heterocycles. The van der Waals surface area contributed by atoms with Crippen LogP contribution in [0.25, 0.3) is 0 Å². The summed E-state index contributed by atoms with van der Waals surface area (Å²) >= 11 is 0. The van der Waals surface area contributed by atoms with E-state index in [0.717, 1.165) is 25.9 Å². The maximum absolute atomic E-state index is 11.5. The third-order valence-electron chi connectivity index (χ3n) is 3.40. The fourth-order valence-electron chi connectivity index (χ4n) is 2.26. The van der Waals surface area contributed by atoms with E-state index in [2.05, 4.69) is 30.6 Å². The lowest BCUT2D eigenvalue weighted by Crippen LogP contribution is -2.40. The molecule has 1 aliphatic heterocycles. The molecule has 0 saturated carbocycles. The quantitative estimate of drug-likeness (QED) is 0.414. The minimum atomic E-state index is -0.551. The Balaban J connectivity index is 2.25. The first-order valence-corrected chi connectivity index (χ1v) is 7.04. The molecule has 0 spiro atoms. The van der Waals surface area contributed by atoms with Crippen LogP contribution in [0.1, 0.15) is 26.7 Å². The van der Waals surface area contributed by atoms with Crippen LogP contribution in [0.15, 0.2) is 0 Å². The molecule has 1 amide bonds. The van der Waals surface area contributed by atoms with Crippen LogP contribution in [0, 0.1) is 5.92 Å². The molecular formula is C12H22N8O. The van der Waals surface area contributed by atoms with Gasteiger partial charge in [-0.1, -0.05) is 13.8 Å². The normalized spacial score (nSPS) is 16.1. The van der Waals surface area contributed by atoms with E-state index in [9.17, 15) is 4.79 Å². The van der Waals surface area contributed by atoms with Gasteiger partial charge in [-0.2, -0.15) is 15.0 Å². The number of primary amides is 1. The summed E-state index contributed by atoms with van der Waals surface area (Å²) in [6.07, 6.45) is 2.21. The number of anilines is 3. The van der Waals surface area contributed by atoms with Crippen molar-refractivity contribution >= 4 is 23.8 Å². The van der Waals surface area contributed by atoms with Crippen molar-refractivity contribution in [1.82, 2.24) is 15.0 Å². The van der Waals surface area contributed by atoms with Gasteiger partial charge in [0.2, 0.25) is 23.8 Å². The fourth-order valence-corrected chi connectivity index (χ4v) is 2.26. The molecule has 9 nitrogen and oxygen atoms in total. The van der Waals surface area contributed by atoms with Crippen LogP contribution < -0.4 is 27.2 Å². The van der Waals surface area contributed by atoms with Crippen LogP contribution >= 0.6 is 0 Å². The highest BCUT2D eigenvalue weighted by Crippen LogP contribution is 2.19. The van der Waals surface area contributed by atoms with Gasteiger partial charge in [-0.3, -0.25) is 10.2 Å². The number of hydrazine groups is 1. The number of rotatable bonds is 6. The summed E-state index contributed by atoms with van der Waals surface area (Å²) in [5.74, 6) is 6.05. The monoisotopic (exact) mass is 294 g/mol. The topological polar surface area (TPSA) is 135 Å². The van der Waals surface area contributed by atoms with Crippen LogP contribution in [0.2, 0.25) is 0 Å². The first-order chi connectivity index (χ1) is 10.0. The molecule has 0 aromatic carbocycles. The molecule has 9 heteroatoms. The molecule has 1 fully saturated rings. The molecule has 116 valence electrons. The van der Waals surface area contributed by atoms with Gasteiger partial charge in [-0.15, -0.1) is 0 Å². The van der Waals surface area contributed by atoms with Crippen LogP contribution in [0.4, 0.5) is 17.8 Å². The summed E-state index contributed by atoms with van der Waals surface area (Å²) in [5.41, 5.74) is 7.81. The highest BCUT2D eigenvalue weighted by Gasteiger charge is 2.22. The highest BCUT2D eigenvalue weighted by molar-refractivity contribution is 5.82. The lowest BCUT2D eigenvalue weighted by atomic mass is 10.0. The first-order valence-electron chi connectivity index (χ1n) is 7.04. The average Bonchev–Trinajstić information content (AvgIpc) is 2.98. The fraction of sp³-hybridized carbons (Fsp3) is 0.667. The molecule has 1 atom stereocenters. The molecule has 1 aliphatic rings. The largest absolute Gasteiger partial charge is 0.368 e. The SMILES string of the molecule is CC(C)C(Nc1nc(NN)nc(N2CCCC2)n1)C(N)=O. The second-order valence-electron chi connectivity index (χ2n) is 5.39. The summed E-state index contributed by atoms with van der Waals surface area (Å²) in [4.78, 5) is 26.3. The zero-order valence-electron chi connectivity index (χ0n) is 12.3. The van der Waals surface area contributed by atoms with E-state index in [1.54, 1.807) is 0 Å². The Hall–Kier alpha value is -2.16. The number of nitrogens with one attached hydrogen (secondary N) is 2. The number of aromatic nitrogens is 3. The highest BCUT2D eigenvalue weighted by atomic mass is 16.1. The first kappa shape index (κ1) is 15.2. The number of nitrogen functional groups attached to an aromatic ring is 1. The van der Waals surface area contributed by atoms with Gasteiger partial charge in [-0.05, 0) is 18.8 Å². The summed E-state index contributed by atoms with van der Waals surface area (Å²) in [7, 11) is 0. The number of amides is 1. The zero-order chi connectivity index (χ0) is 15.4. The lowest BCUT2D eigenvalue weighted by Gasteiger charge is -2.21. The van der Waals surface area contributed by atoms with Gasteiger partial charge in [0.1, 0.15) is 6.04 Å². The summed E-state index contributed by atoms with van der Waals surface area (Å²) in [6, 6.07) is -0.551. The van der Waals surface area contributed by atoms with Gasteiger partial charge in [0, 0.05) is 13.1 Å². The van der Waals surface area contributed by atoms with E-state index in [1.807, 2.05) is 13.8 Å². The van der Waals surface area contributed by atoms with Crippen molar-refractivity contribution in [2.45, 2.75) is 32.7 Å². The van der Waals surface area contributed by atoms with Crippen molar-refractivity contribution in [3.05, 3.63) is 0 Å². The number of hydrogen-bond donors (Lipinski definition) is 4. The molecule has 6 N–H and O–H groups in total. The third-order valence-corrected chi connectivity index (χ3v) is 3.40. The lowest BCUT2D eigenvalue weighted by molar-refractivity contribution is -0.119. The molecule has 1 aromatic heterocycles. The molecular weight excluding hydrogens is 272 g/mol. The molecule has 0 aliphatic carbocycles. The van der Waals surface area contributed by atoms with Crippen LogP contribution in [0.5, 0.6) is 0 Å².